The lowest BCUT2D eigenvalue weighted by Gasteiger charge is -1.92. The highest BCUT2D eigenvalue weighted by molar-refractivity contribution is 5.17. The van der Waals surface area contributed by atoms with Gasteiger partial charge in [0, 0.05) is 6.07 Å². The summed E-state index contributed by atoms with van der Waals surface area (Å²) in [5, 5.41) is 0. The van der Waals surface area contributed by atoms with Crippen molar-refractivity contribution in [3.63, 3.8) is 0 Å². The van der Waals surface area contributed by atoms with E-state index in [-0.39, 0.29) is 5.83 Å². The van der Waals surface area contributed by atoms with Gasteiger partial charge in [-0.15, -0.1) is 11.8 Å². The van der Waals surface area contributed by atoms with Crippen LogP contribution in [0.2, 0.25) is 0 Å². The van der Waals surface area contributed by atoms with Gasteiger partial charge in [-0.25, -0.2) is 17.6 Å². The summed E-state index contributed by atoms with van der Waals surface area (Å²) in [7, 11) is 0. The first kappa shape index (κ1) is 23.2. The summed E-state index contributed by atoms with van der Waals surface area (Å²) in [5.41, 5.74) is 1.04. The molecule has 1 atom stereocenters. The molecule has 0 nitrogen and oxygen atoms in total. The molecule has 128 valence electrons. The molecule has 1 aromatic rings. The van der Waals surface area contributed by atoms with Crippen molar-refractivity contribution in [2.24, 2.45) is 0 Å². The van der Waals surface area contributed by atoms with Crippen molar-refractivity contribution in [1.29, 1.82) is 0 Å². The average molecular weight is 328 g/mol. The zero-order valence-corrected chi connectivity index (χ0v) is 14.5. The topological polar surface area (TPSA) is 0 Å². The molecule has 1 unspecified atom stereocenters. The Morgan fingerprint density at radius 1 is 1.13 bits per heavy atom. The van der Waals surface area contributed by atoms with Gasteiger partial charge in [-0.05, 0) is 70.9 Å². The van der Waals surface area contributed by atoms with E-state index in [1.54, 1.807) is 20.8 Å². The summed E-state index contributed by atoms with van der Waals surface area (Å²) in [4.78, 5) is 0. The van der Waals surface area contributed by atoms with Gasteiger partial charge in [-0.1, -0.05) is 6.07 Å². The lowest BCUT2D eigenvalue weighted by Crippen LogP contribution is -1.83. The van der Waals surface area contributed by atoms with Gasteiger partial charge in [0.25, 0.3) is 0 Å². The van der Waals surface area contributed by atoms with Crippen LogP contribution in [0.5, 0.6) is 0 Å². The molecule has 1 aromatic carbocycles. The highest BCUT2D eigenvalue weighted by Crippen LogP contribution is 2.07. The number of hydrogen-bond acceptors (Lipinski definition) is 0. The van der Waals surface area contributed by atoms with Gasteiger partial charge in [-0.3, -0.25) is 0 Å². The van der Waals surface area contributed by atoms with Crippen molar-refractivity contribution < 1.29 is 17.6 Å². The Labute approximate surface area is 136 Å². The number of halogens is 4. The van der Waals surface area contributed by atoms with Crippen LogP contribution in [0.4, 0.5) is 17.6 Å². The summed E-state index contributed by atoms with van der Waals surface area (Å²) in [6.07, 6.45) is 1.26. The Balaban J connectivity index is 0. The second kappa shape index (κ2) is 13.6. The predicted octanol–water partition coefficient (Wildman–Crippen LogP) is 6.47. The molecule has 0 saturated carbocycles. The molecular weight excluding hydrogens is 304 g/mol. The third kappa shape index (κ3) is 14.7. The highest BCUT2D eigenvalue weighted by Gasteiger charge is 1.96. The highest BCUT2D eigenvalue weighted by atomic mass is 19.1. The van der Waals surface area contributed by atoms with Gasteiger partial charge in [0.2, 0.25) is 0 Å². The zero-order chi connectivity index (χ0) is 18.4. The minimum absolute atomic E-state index is 0.357. The Bertz CT molecular complexity index is 563. The Kier molecular flexibility index (Phi) is 13.8. The Morgan fingerprint density at radius 3 is 1.96 bits per heavy atom. The molecule has 0 fully saturated rings. The van der Waals surface area contributed by atoms with E-state index in [0.29, 0.717) is 11.1 Å². The van der Waals surface area contributed by atoms with Crippen molar-refractivity contribution in [1.82, 2.24) is 0 Å². The first-order valence-electron chi connectivity index (χ1n) is 7.06. The minimum Gasteiger partial charge on any atom is -0.243 e. The van der Waals surface area contributed by atoms with Gasteiger partial charge >= 0.3 is 0 Å². The predicted molar refractivity (Wildman–Crippen MR) is 89.4 cm³/mol. The standard InChI is InChI=1S/C8H12F2.C7H6F2.C4H6/c1-6(2)8(10)5-4-7(3)9;1-5-2-3-6(8)4-7(5)9;1-3-4-2/h4-5,7H,1-3H3;2-4H,1H3;1-2H3. The van der Waals surface area contributed by atoms with Gasteiger partial charge in [0.1, 0.15) is 23.6 Å². The number of benzene rings is 1. The number of alkyl halides is 1. The Morgan fingerprint density at radius 2 is 1.65 bits per heavy atom. The molecule has 4 heteroatoms. The maximum Gasteiger partial charge on any atom is 0.129 e. The van der Waals surface area contributed by atoms with E-state index in [4.69, 9.17) is 0 Å². The molecule has 0 N–H and O–H groups in total. The van der Waals surface area contributed by atoms with Gasteiger partial charge < -0.3 is 0 Å². The van der Waals surface area contributed by atoms with E-state index >= 15 is 0 Å². The van der Waals surface area contributed by atoms with Crippen LogP contribution in [0.3, 0.4) is 0 Å². The molecule has 0 amide bonds. The number of allylic oxidation sites excluding steroid dienone is 4. The second-order valence-corrected chi connectivity index (χ2v) is 4.78. The molecule has 0 heterocycles. The summed E-state index contributed by atoms with van der Waals surface area (Å²) in [6, 6.07) is 3.51. The molecule has 0 bridgehead atoms. The molecule has 0 aliphatic rings. The average Bonchev–Trinajstić information content (AvgIpc) is 2.49. The Hall–Kier alpha value is -2.02. The van der Waals surface area contributed by atoms with Crippen LogP contribution < -0.4 is 0 Å². The fourth-order valence-electron chi connectivity index (χ4n) is 0.951. The van der Waals surface area contributed by atoms with Crippen LogP contribution in [0.15, 0.2) is 41.8 Å². The van der Waals surface area contributed by atoms with E-state index in [1.165, 1.54) is 25.1 Å². The molecule has 0 aliphatic heterocycles. The second-order valence-electron chi connectivity index (χ2n) is 4.78. The van der Waals surface area contributed by atoms with Gasteiger partial charge in [0.15, 0.2) is 0 Å². The van der Waals surface area contributed by atoms with Crippen LogP contribution in [-0.2, 0) is 0 Å². The smallest absolute Gasteiger partial charge is 0.129 e. The fraction of sp³-hybridized carbons (Fsp3) is 0.368. The molecule has 0 radical (unpaired) electrons. The quantitative estimate of drug-likeness (QED) is 0.332. The summed E-state index contributed by atoms with van der Waals surface area (Å²) >= 11 is 0. The zero-order valence-electron chi connectivity index (χ0n) is 14.5. The molecule has 23 heavy (non-hydrogen) atoms. The lowest BCUT2D eigenvalue weighted by atomic mass is 10.2. The number of hydrogen-bond donors (Lipinski definition) is 0. The molecule has 0 aromatic heterocycles. The first-order chi connectivity index (χ1) is 10.6. The molecule has 0 saturated heterocycles. The number of rotatable bonds is 2. The van der Waals surface area contributed by atoms with Crippen LogP contribution >= 0.6 is 0 Å². The van der Waals surface area contributed by atoms with E-state index < -0.39 is 17.8 Å². The third-order valence-corrected chi connectivity index (χ3v) is 2.37. The number of aryl methyl sites for hydroxylation is 1. The molecule has 0 spiro atoms. The minimum atomic E-state index is -1.08. The van der Waals surface area contributed by atoms with Crippen molar-refractivity contribution >= 4 is 0 Å². The summed E-state index contributed by atoms with van der Waals surface area (Å²) in [6.45, 7) is 9.87. The maximum absolute atomic E-state index is 12.5. The van der Waals surface area contributed by atoms with E-state index in [9.17, 15) is 17.6 Å². The van der Waals surface area contributed by atoms with Crippen LogP contribution in [0.25, 0.3) is 0 Å². The monoisotopic (exact) mass is 328 g/mol. The first-order valence-corrected chi connectivity index (χ1v) is 7.06. The van der Waals surface area contributed by atoms with Gasteiger partial charge in [0.05, 0.1) is 0 Å². The van der Waals surface area contributed by atoms with Gasteiger partial charge in [-0.2, -0.15) is 0 Å². The molecule has 0 aliphatic carbocycles. The van der Waals surface area contributed by atoms with E-state index in [2.05, 4.69) is 11.8 Å². The van der Waals surface area contributed by atoms with Crippen LogP contribution in [0, 0.1) is 30.4 Å². The van der Waals surface area contributed by atoms with Crippen molar-refractivity contribution in [3.8, 4) is 11.8 Å². The molecular formula is C19H24F4. The van der Waals surface area contributed by atoms with Crippen LogP contribution in [0.1, 0.15) is 40.2 Å². The summed E-state index contributed by atoms with van der Waals surface area (Å²) < 4.78 is 49.0. The largest absolute Gasteiger partial charge is 0.243 e. The lowest BCUT2D eigenvalue weighted by molar-refractivity contribution is 0.429. The fourth-order valence-corrected chi connectivity index (χ4v) is 0.951. The normalized spacial score (nSPS) is 10.3. The van der Waals surface area contributed by atoms with Crippen molar-refractivity contribution in [3.05, 3.63) is 58.9 Å². The maximum atomic E-state index is 12.5. The molecule has 1 rings (SSSR count). The van der Waals surface area contributed by atoms with Crippen molar-refractivity contribution in [2.75, 3.05) is 0 Å². The SMILES string of the molecule is CC#CC.CC(C)=C(F)C=CC(C)F.Cc1ccc(F)cc1F. The van der Waals surface area contributed by atoms with Crippen molar-refractivity contribution in [2.45, 2.75) is 47.7 Å². The van der Waals surface area contributed by atoms with E-state index in [0.717, 1.165) is 12.1 Å². The third-order valence-electron chi connectivity index (χ3n) is 2.37. The van der Waals surface area contributed by atoms with Crippen LogP contribution in [-0.4, -0.2) is 6.17 Å². The summed E-state index contributed by atoms with van der Waals surface area (Å²) in [5.74, 6) is 3.98. The van der Waals surface area contributed by atoms with E-state index in [1.807, 2.05) is 13.8 Å².